The summed E-state index contributed by atoms with van der Waals surface area (Å²) in [5, 5.41) is 2.73. The first-order valence-corrected chi connectivity index (χ1v) is 11.2. The smallest absolute Gasteiger partial charge is 0.265 e. The number of benzene rings is 3. The fraction of sp³-hybridized carbons (Fsp3) is 0.174. The Morgan fingerprint density at radius 2 is 1.65 bits per heavy atom. The van der Waals surface area contributed by atoms with E-state index in [2.05, 4.69) is 10.0 Å². The Labute approximate surface area is 181 Å². The van der Waals surface area contributed by atoms with Crippen molar-refractivity contribution in [2.45, 2.75) is 31.3 Å². The molecular formula is C23H23FN2O4S. The lowest BCUT2D eigenvalue weighted by atomic mass is 10.2. The second-order valence-corrected chi connectivity index (χ2v) is 8.56. The number of amides is 1. The molecule has 6 nitrogen and oxygen atoms in total. The Morgan fingerprint density at radius 3 is 2.29 bits per heavy atom. The summed E-state index contributed by atoms with van der Waals surface area (Å²) in [6.07, 6.45) is -0.244. The van der Waals surface area contributed by atoms with E-state index in [1.165, 1.54) is 48.5 Å². The van der Waals surface area contributed by atoms with Gasteiger partial charge in [0.25, 0.3) is 15.9 Å². The molecule has 8 heteroatoms. The fourth-order valence-electron chi connectivity index (χ4n) is 2.85. The molecular weight excluding hydrogens is 419 g/mol. The number of hydrogen-bond donors (Lipinski definition) is 2. The lowest BCUT2D eigenvalue weighted by Crippen LogP contribution is -2.32. The molecule has 3 aromatic rings. The summed E-state index contributed by atoms with van der Waals surface area (Å²) in [6.45, 7) is 3.74. The number of rotatable bonds is 8. The van der Waals surface area contributed by atoms with Crippen LogP contribution in [0.3, 0.4) is 0 Å². The highest BCUT2D eigenvalue weighted by Gasteiger charge is 2.20. The van der Waals surface area contributed by atoms with Crippen molar-refractivity contribution >= 4 is 27.3 Å². The van der Waals surface area contributed by atoms with Gasteiger partial charge in [-0.2, -0.15) is 0 Å². The van der Waals surface area contributed by atoms with E-state index in [-0.39, 0.29) is 16.5 Å². The first-order chi connectivity index (χ1) is 14.8. The van der Waals surface area contributed by atoms with Crippen molar-refractivity contribution in [2.24, 2.45) is 0 Å². The van der Waals surface area contributed by atoms with Crippen LogP contribution in [0.1, 0.15) is 18.9 Å². The Kier molecular flexibility index (Phi) is 6.91. The maximum Gasteiger partial charge on any atom is 0.265 e. The van der Waals surface area contributed by atoms with Crippen molar-refractivity contribution in [3.8, 4) is 5.75 Å². The largest absolute Gasteiger partial charge is 0.480 e. The number of anilines is 2. The Balaban J connectivity index is 1.68. The van der Waals surface area contributed by atoms with E-state index in [9.17, 15) is 17.6 Å². The maximum absolute atomic E-state index is 13.7. The molecule has 1 amide bonds. The molecule has 0 aromatic heterocycles. The third-order valence-corrected chi connectivity index (χ3v) is 5.96. The van der Waals surface area contributed by atoms with Crippen molar-refractivity contribution in [2.75, 3.05) is 10.0 Å². The van der Waals surface area contributed by atoms with Crippen LogP contribution >= 0.6 is 0 Å². The lowest BCUT2D eigenvalue weighted by Gasteiger charge is -2.18. The molecule has 0 spiro atoms. The molecule has 31 heavy (non-hydrogen) atoms. The Hall–Kier alpha value is -3.39. The van der Waals surface area contributed by atoms with Gasteiger partial charge in [0.05, 0.1) is 10.6 Å². The van der Waals surface area contributed by atoms with E-state index in [4.69, 9.17) is 4.74 Å². The van der Waals surface area contributed by atoms with E-state index >= 15 is 0 Å². The van der Waals surface area contributed by atoms with E-state index in [1.807, 2.05) is 32.0 Å². The van der Waals surface area contributed by atoms with Gasteiger partial charge >= 0.3 is 0 Å². The van der Waals surface area contributed by atoms with Crippen molar-refractivity contribution in [3.63, 3.8) is 0 Å². The van der Waals surface area contributed by atoms with Crippen LogP contribution in [-0.2, 0) is 14.8 Å². The first-order valence-electron chi connectivity index (χ1n) is 9.70. The summed E-state index contributed by atoms with van der Waals surface area (Å²) in [4.78, 5) is 12.6. The van der Waals surface area contributed by atoms with E-state index in [0.717, 1.165) is 5.56 Å². The SMILES string of the molecule is CCC(Oc1ccccc1C)C(=O)Nc1ccc(S(=O)(=O)Nc2ccccc2F)cc1. The molecule has 0 saturated heterocycles. The number of para-hydroxylation sites is 2. The molecule has 0 heterocycles. The van der Waals surface area contributed by atoms with Crippen molar-refractivity contribution < 1.29 is 22.3 Å². The number of carbonyl (C=O) groups is 1. The van der Waals surface area contributed by atoms with Gasteiger partial charge in [0.2, 0.25) is 0 Å². The summed E-state index contributed by atoms with van der Waals surface area (Å²) >= 11 is 0. The van der Waals surface area contributed by atoms with Crippen LogP contribution in [0.4, 0.5) is 15.8 Å². The van der Waals surface area contributed by atoms with Crippen LogP contribution in [0.15, 0.2) is 77.7 Å². The molecule has 0 aliphatic carbocycles. The van der Waals surface area contributed by atoms with Gasteiger partial charge in [0.15, 0.2) is 6.10 Å². The lowest BCUT2D eigenvalue weighted by molar-refractivity contribution is -0.122. The minimum absolute atomic E-state index is 0.0584. The minimum atomic E-state index is -3.97. The Bertz CT molecular complexity index is 1160. The number of aryl methyl sites for hydroxylation is 1. The highest BCUT2D eigenvalue weighted by molar-refractivity contribution is 7.92. The van der Waals surface area contributed by atoms with Gasteiger partial charge in [-0.15, -0.1) is 0 Å². The first kappa shape index (κ1) is 22.3. The average molecular weight is 443 g/mol. The average Bonchev–Trinajstić information content (AvgIpc) is 2.75. The van der Waals surface area contributed by atoms with Gasteiger partial charge in [-0.1, -0.05) is 37.3 Å². The quantitative estimate of drug-likeness (QED) is 0.528. The summed E-state index contributed by atoms with van der Waals surface area (Å²) in [5.41, 5.74) is 1.20. The van der Waals surface area contributed by atoms with Crippen molar-refractivity contribution in [1.82, 2.24) is 0 Å². The number of hydrogen-bond acceptors (Lipinski definition) is 4. The third-order valence-electron chi connectivity index (χ3n) is 4.58. The van der Waals surface area contributed by atoms with Crippen LogP contribution in [0.2, 0.25) is 0 Å². The number of nitrogens with one attached hydrogen (secondary N) is 2. The molecule has 0 fully saturated rings. The van der Waals surface area contributed by atoms with Gasteiger partial charge in [-0.05, 0) is 61.4 Å². The molecule has 0 aliphatic heterocycles. The zero-order chi connectivity index (χ0) is 22.4. The molecule has 162 valence electrons. The van der Waals surface area contributed by atoms with Crippen LogP contribution in [0, 0.1) is 12.7 Å². The molecule has 0 bridgehead atoms. The monoisotopic (exact) mass is 442 g/mol. The predicted octanol–water partition coefficient (Wildman–Crippen LogP) is 4.73. The molecule has 1 atom stereocenters. The molecule has 3 rings (SSSR count). The minimum Gasteiger partial charge on any atom is -0.480 e. The molecule has 0 radical (unpaired) electrons. The van der Waals surface area contributed by atoms with Gasteiger partial charge in [-0.3, -0.25) is 9.52 Å². The van der Waals surface area contributed by atoms with Gasteiger partial charge in [0.1, 0.15) is 11.6 Å². The zero-order valence-corrected chi connectivity index (χ0v) is 17.9. The van der Waals surface area contributed by atoms with Crippen LogP contribution < -0.4 is 14.8 Å². The van der Waals surface area contributed by atoms with Crippen molar-refractivity contribution in [3.05, 3.63) is 84.2 Å². The fourth-order valence-corrected chi connectivity index (χ4v) is 3.92. The van der Waals surface area contributed by atoms with Crippen LogP contribution in [0.5, 0.6) is 5.75 Å². The summed E-state index contributed by atoms with van der Waals surface area (Å²) < 4.78 is 46.8. The number of halogens is 1. The van der Waals surface area contributed by atoms with Gasteiger partial charge in [-0.25, -0.2) is 12.8 Å². The zero-order valence-electron chi connectivity index (χ0n) is 17.1. The molecule has 0 aliphatic rings. The molecule has 2 N–H and O–H groups in total. The molecule has 1 unspecified atom stereocenters. The number of carbonyl (C=O) groups excluding carboxylic acids is 1. The second kappa shape index (κ2) is 9.61. The summed E-state index contributed by atoms with van der Waals surface area (Å²) in [6, 6.07) is 18.5. The highest BCUT2D eigenvalue weighted by atomic mass is 32.2. The second-order valence-electron chi connectivity index (χ2n) is 6.88. The van der Waals surface area contributed by atoms with Gasteiger partial charge in [0, 0.05) is 5.69 Å². The van der Waals surface area contributed by atoms with E-state index in [1.54, 1.807) is 6.07 Å². The highest BCUT2D eigenvalue weighted by Crippen LogP contribution is 2.22. The third kappa shape index (κ3) is 5.61. The standard InChI is InChI=1S/C23H23FN2O4S/c1-3-21(30-22-11-7-4-8-16(22)2)23(27)25-17-12-14-18(15-13-17)31(28,29)26-20-10-6-5-9-19(20)24/h4-15,21,26H,3H2,1-2H3,(H,25,27). The molecule has 0 saturated carbocycles. The van der Waals surface area contributed by atoms with Gasteiger partial charge < -0.3 is 10.1 Å². The van der Waals surface area contributed by atoms with Crippen LogP contribution in [0.25, 0.3) is 0 Å². The van der Waals surface area contributed by atoms with E-state index in [0.29, 0.717) is 17.9 Å². The molecule has 3 aromatic carbocycles. The number of sulfonamides is 1. The van der Waals surface area contributed by atoms with Crippen molar-refractivity contribution in [1.29, 1.82) is 0 Å². The number of ether oxygens (including phenoxy) is 1. The summed E-state index contributed by atoms with van der Waals surface area (Å²) in [5.74, 6) is -0.384. The Morgan fingerprint density at radius 1 is 1.00 bits per heavy atom. The van der Waals surface area contributed by atoms with Crippen LogP contribution in [-0.4, -0.2) is 20.4 Å². The predicted molar refractivity (Wildman–Crippen MR) is 118 cm³/mol. The van der Waals surface area contributed by atoms with E-state index < -0.39 is 21.9 Å². The maximum atomic E-state index is 13.7. The summed E-state index contributed by atoms with van der Waals surface area (Å²) in [7, 11) is -3.97. The topological polar surface area (TPSA) is 84.5 Å². The normalized spacial score (nSPS) is 12.1.